The molecule has 1 N–H and O–H groups in total. The summed E-state index contributed by atoms with van der Waals surface area (Å²) in [5.74, 6) is -1.49. The lowest BCUT2D eigenvalue weighted by atomic mass is 9.98. The number of ether oxygens (including phenoxy) is 2. The number of rotatable bonds is 8. The van der Waals surface area contributed by atoms with Gasteiger partial charge in [-0.3, -0.25) is 4.72 Å². The Labute approximate surface area is 166 Å². The van der Waals surface area contributed by atoms with Crippen molar-refractivity contribution in [2.45, 2.75) is 25.3 Å². The quantitative estimate of drug-likeness (QED) is 0.383. The SMILES string of the molecule is CCc1cccc(CC(=C/C(=O)OC)/C=C/C(=O)OC)c1NS(=O)(=O)C(F)(F)F. The van der Waals surface area contributed by atoms with Crippen LogP contribution in [-0.2, 0) is 41.9 Å². The second-order valence-corrected chi connectivity index (χ2v) is 7.31. The predicted octanol–water partition coefficient (Wildman–Crippen LogP) is 2.88. The number of para-hydroxylation sites is 1. The number of aryl methyl sites for hydroxylation is 1. The first-order valence-electron chi connectivity index (χ1n) is 8.19. The van der Waals surface area contributed by atoms with E-state index in [0.717, 1.165) is 26.4 Å². The summed E-state index contributed by atoms with van der Waals surface area (Å²) >= 11 is 0. The van der Waals surface area contributed by atoms with Gasteiger partial charge >= 0.3 is 27.5 Å². The van der Waals surface area contributed by atoms with E-state index in [9.17, 15) is 31.2 Å². The van der Waals surface area contributed by atoms with E-state index < -0.39 is 27.5 Å². The fourth-order valence-electron chi connectivity index (χ4n) is 2.25. The van der Waals surface area contributed by atoms with Crippen LogP contribution in [0.15, 0.2) is 42.0 Å². The normalized spacial score (nSPS) is 12.7. The molecule has 160 valence electrons. The third-order valence-corrected chi connectivity index (χ3v) is 4.78. The van der Waals surface area contributed by atoms with Crippen molar-refractivity contribution in [1.82, 2.24) is 0 Å². The van der Waals surface area contributed by atoms with Crippen LogP contribution in [0.1, 0.15) is 18.1 Å². The lowest BCUT2D eigenvalue weighted by Crippen LogP contribution is -2.30. The number of sulfonamides is 1. The molecular formula is C18H20F3NO6S. The Morgan fingerprint density at radius 2 is 1.66 bits per heavy atom. The molecule has 29 heavy (non-hydrogen) atoms. The lowest BCUT2D eigenvalue weighted by molar-refractivity contribution is -0.135. The zero-order chi connectivity index (χ0) is 22.2. The minimum atomic E-state index is -5.65. The summed E-state index contributed by atoms with van der Waals surface area (Å²) in [5, 5.41) is 0. The molecule has 0 aliphatic heterocycles. The molecule has 0 spiro atoms. The average molecular weight is 435 g/mol. The summed E-state index contributed by atoms with van der Waals surface area (Å²) in [6.45, 7) is 1.65. The Morgan fingerprint density at radius 1 is 1.07 bits per heavy atom. The van der Waals surface area contributed by atoms with Crippen LogP contribution in [-0.4, -0.2) is 40.1 Å². The second-order valence-electron chi connectivity index (χ2n) is 5.63. The third-order valence-electron chi connectivity index (χ3n) is 3.69. The molecule has 0 heterocycles. The van der Waals surface area contributed by atoms with Crippen molar-refractivity contribution in [3.63, 3.8) is 0 Å². The molecule has 11 heteroatoms. The van der Waals surface area contributed by atoms with Gasteiger partial charge in [0.05, 0.1) is 19.9 Å². The minimum absolute atomic E-state index is 0.161. The van der Waals surface area contributed by atoms with Crippen LogP contribution in [0.2, 0.25) is 0 Å². The predicted molar refractivity (Wildman–Crippen MR) is 99.4 cm³/mol. The van der Waals surface area contributed by atoms with E-state index in [2.05, 4.69) is 9.47 Å². The van der Waals surface area contributed by atoms with Gasteiger partial charge in [0, 0.05) is 12.2 Å². The number of nitrogens with one attached hydrogen (secondary N) is 1. The van der Waals surface area contributed by atoms with E-state index in [1.807, 2.05) is 0 Å². The van der Waals surface area contributed by atoms with Crippen LogP contribution in [0.3, 0.4) is 0 Å². The van der Waals surface area contributed by atoms with Crippen molar-refractivity contribution in [3.05, 3.63) is 53.1 Å². The van der Waals surface area contributed by atoms with Gasteiger partial charge in [0.1, 0.15) is 0 Å². The number of alkyl halides is 3. The zero-order valence-corrected chi connectivity index (χ0v) is 16.7. The van der Waals surface area contributed by atoms with E-state index >= 15 is 0 Å². The van der Waals surface area contributed by atoms with Gasteiger partial charge in [-0.1, -0.05) is 31.2 Å². The maximum absolute atomic E-state index is 12.8. The molecule has 0 aliphatic carbocycles. The van der Waals surface area contributed by atoms with Crippen molar-refractivity contribution in [1.29, 1.82) is 0 Å². The van der Waals surface area contributed by atoms with E-state index in [4.69, 9.17) is 0 Å². The Kier molecular flexibility index (Phi) is 8.43. The summed E-state index contributed by atoms with van der Waals surface area (Å²) in [6, 6.07) is 4.43. The molecule has 0 saturated heterocycles. The number of methoxy groups -OCH3 is 2. The molecule has 0 saturated carbocycles. The smallest absolute Gasteiger partial charge is 0.466 e. The number of esters is 2. The number of allylic oxidation sites excluding steroid dienone is 2. The fourth-order valence-corrected chi connectivity index (χ4v) is 2.90. The summed E-state index contributed by atoms with van der Waals surface area (Å²) < 4.78 is 72.3. The van der Waals surface area contributed by atoms with Crippen LogP contribution in [0.4, 0.5) is 18.9 Å². The molecule has 1 aromatic carbocycles. The number of anilines is 1. The lowest BCUT2D eigenvalue weighted by Gasteiger charge is -2.17. The third kappa shape index (κ3) is 6.93. The monoisotopic (exact) mass is 435 g/mol. The maximum Gasteiger partial charge on any atom is 0.516 e. The Hall–Kier alpha value is -2.82. The Bertz CT molecular complexity index is 920. The molecule has 0 amide bonds. The van der Waals surface area contributed by atoms with Gasteiger partial charge < -0.3 is 9.47 Å². The standard InChI is InChI=1S/C18H20F3NO6S/c1-4-13-6-5-7-14(17(13)22-29(25,26)18(19,20)21)10-12(11-16(24)28-3)8-9-15(23)27-2/h5-9,11,22H,4,10H2,1-3H3/b9-8+,12-11+. The minimum Gasteiger partial charge on any atom is -0.466 e. The van der Waals surface area contributed by atoms with Gasteiger partial charge in [0.2, 0.25) is 0 Å². The van der Waals surface area contributed by atoms with Crippen molar-refractivity contribution in [2.75, 3.05) is 18.9 Å². The number of halogens is 3. The number of hydrogen-bond acceptors (Lipinski definition) is 6. The highest BCUT2D eigenvalue weighted by atomic mass is 32.2. The van der Waals surface area contributed by atoms with Crippen LogP contribution in [0.25, 0.3) is 0 Å². The van der Waals surface area contributed by atoms with Crippen LogP contribution < -0.4 is 4.72 Å². The molecule has 0 unspecified atom stereocenters. The first-order valence-corrected chi connectivity index (χ1v) is 9.67. The maximum atomic E-state index is 12.8. The highest BCUT2D eigenvalue weighted by Gasteiger charge is 2.46. The molecule has 0 fully saturated rings. The number of benzene rings is 1. The summed E-state index contributed by atoms with van der Waals surface area (Å²) in [6.07, 6.45) is 3.35. The highest BCUT2D eigenvalue weighted by Crippen LogP contribution is 2.31. The van der Waals surface area contributed by atoms with Crippen LogP contribution in [0, 0.1) is 0 Å². The molecule has 0 atom stereocenters. The Balaban J connectivity index is 3.44. The van der Waals surface area contributed by atoms with E-state index in [-0.39, 0.29) is 29.7 Å². The highest BCUT2D eigenvalue weighted by molar-refractivity contribution is 7.93. The summed E-state index contributed by atoms with van der Waals surface area (Å²) in [7, 11) is -3.38. The van der Waals surface area contributed by atoms with E-state index in [1.54, 1.807) is 17.7 Å². The van der Waals surface area contributed by atoms with Crippen molar-refractivity contribution in [3.8, 4) is 0 Å². The van der Waals surface area contributed by atoms with Gasteiger partial charge in [-0.05, 0) is 29.5 Å². The molecule has 1 rings (SSSR count). The first kappa shape index (κ1) is 24.2. The number of carbonyl (C=O) groups excluding carboxylic acids is 2. The van der Waals surface area contributed by atoms with E-state index in [0.29, 0.717) is 5.56 Å². The van der Waals surface area contributed by atoms with Crippen molar-refractivity contribution in [2.24, 2.45) is 0 Å². The van der Waals surface area contributed by atoms with Gasteiger partial charge in [-0.25, -0.2) is 9.59 Å². The number of hydrogen-bond donors (Lipinski definition) is 1. The number of carbonyl (C=O) groups is 2. The van der Waals surface area contributed by atoms with Gasteiger partial charge in [-0.2, -0.15) is 21.6 Å². The molecule has 1 aromatic rings. The molecule has 0 bridgehead atoms. The molecule has 0 aliphatic rings. The van der Waals surface area contributed by atoms with Gasteiger partial charge in [0.15, 0.2) is 0 Å². The average Bonchev–Trinajstić information content (AvgIpc) is 2.65. The Morgan fingerprint density at radius 3 is 2.17 bits per heavy atom. The van der Waals surface area contributed by atoms with E-state index in [1.165, 1.54) is 18.2 Å². The molecule has 7 nitrogen and oxygen atoms in total. The molecule has 0 aromatic heterocycles. The van der Waals surface area contributed by atoms with Crippen LogP contribution in [0.5, 0.6) is 0 Å². The topological polar surface area (TPSA) is 98.8 Å². The second kappa shape index (κ2) is 10.1. The van der Waals surface area contributed by atoms with Crippen molar-refractivity contribution < 1.29 is 40.7 Å². The largest absolute Gasteiger partial charge is 0.516 e. The summed E-state index contributed by atoms with van der Waals surface area (Å²) in [5.41, 5.74) is -5.07. The first-order chi connectivity index (χ1) is 13.4. The van der Waals surface area contributed by atoms with Crippen molar-refractivity contribution >= 4 is 27.6 Å². The molecule has 0 radical (unpaired) electrons. The summed E-state index contributed by atoms with van der Waals surface area (Å²) in [4.78, 5) is 22.9. The van der Waals surface area contributed by atoms with Gasteiger partial charge in [-0.15, -0.1) is 0 Å². The zero-order valence-electron chi connectivity index (χ0n) is 15.9. The molecular weight excluding hydrogens is 415 g/mol. The van der Waals surface area contributed by atoms with Crippen LogP contribution >= 0.6 is 0 Å². The van der Waals surface area contributed by atoms with Gasteiger partial charge in [0.25, 0.3) is 0 Å². The fraction of sp³-hybridized carbons (Fsp3) is 0.333.